The second kappa shape index (κ2) is 5.58. The summed E-state index contributed by atoms with van der Waals surface area (Å²) < 4.78 is 14.1. The van der Waals surface area contributed by atoms with Crippen molar-refractivity contribution in [1.82, 2.24) is 5.32 Å². The third-order valence-electron chi connectivity index (χ3n) is 3.87. The lowest BCUT2D eigenvalue weighted by Crippen LogP contribution is -2.16. The van der Waals surface area contributed by atoms with Gasteiger partial charge in [0.1, 0.15) is 5.82 Å². The summed E-state index contributed by atoms with van der Waals surface area (Å²) in [5, 5.41) is 3.42. The fraction of sp³-hybridized carbons (Fsp3) is 0.375. The van der Waals surface area contributed by atoms with Crippen molar-refractivity contribution in [1.29, 1.82) is 0 Å². The van der Waals surface area contributed by atoms with Crippen molar-refractivity contribution >= 4 is 27.3 Å². The van der Waals surface area contributed by atoms with Crippen LogP contribution >= 0.6 is 27.3 Å². The Kier molecular flexibility index (Phi) is 3.98. The first-order valence-electron chi connectivity index (χ1n) is 6.83. The minimum atomic E-state index is -0.200. The molecule has 0 aliphatic heterocycles. The smallest absolute Gasteiger partial charge is 0.137 e. The monoisotopic (exact) mass is 353 g/mol. The molecule has 0 radical (unpaired) electrons. The van der Waals surface area contributed by atoms with Crippen LogP contribution in [-0.2, 0) is 0 Å². The van der Waals surface area contributed by atoms with E-state index in [1.807, 2.05) is 31.4 Å². The largest absolute Gasteiger partial charge is 0.312 e. The number of hydrogen-bond acceptors (Lipinski definition) is 2. The van der Waals surface area contributed by atoms with Gasteiger partial charge in [-0.05, 0) is 84.1 Å². The van der Waals surface area contributed by atoms with E-state index in [1.54, 1.807) is 6.07 Å². The second-order valence-corrected chi connectivity index (χ2v) is 7.36. The minimum Gasteiger partial charge on any atom is -0.312 e. The Morgan fingerprint density at radius 2 is 2.10 bits per heavy atom. The molecule has 3 rings (SSSR count). The first kappa shape index (κ1) is 14.2. The predicted molar refractivity (Wildman–Crippen MR) is 86.7 cm³/mol. The third kappa shape index (κ3) is 2.69. The molecule has 0 saturated heterocycles. The van der Waals surface area contributed by atoms with Crippen LogP contribution in [0.4, 0.5) is 4.39 Å². The van der Waals surface area contributed by atoms with Crippen LogP contribution < -0.4 is 5.32 Å². The van der Waals surface area contributed by atoms with Gasteiger partial charge in [0.2, 0.25) is 0 Å². The number of nitrogens with one attached hydrogen (secondary N) is 1. The summed E-state index contributed by atoms with van der Waals surface area (Å²) in [4.78, 5) is 2.59. The lowest BCUT2D eigenvalue weighted by molar-refractivity contribution is 0.537. The van der Waals surface area contributed by atoms with Crippen LogP contribution in [0.3, 0.4) is 0 Å². The molecule has 1 saturated carbocycles. The summed E-state index contributed by atoms with van der Waals surface area (Å²) in [7, 11) is 2.03. The van der Waals surface area contributed by atoms with E-state index in [-0.39, 0.29) is 5.82 Å². The Balaban J connectivity index is 1.95. The maximum atomic E-state index is 13.5. The number of hydrogen-bond donors (Lipinski definition) is 1. The van der Waals surface area contributed by atoms with Crippen LogP contribution in [0.2, 0.25) is 0 Å². The average molecular weight is 354 g/mol. The van der Waals surface area contributed by atoms with Crippen LogP contribution in [0.25, 0.3) is 10.4 Å². The Morgan fingerprint density at radius 3 is 2.75 bits per heavy atom. The second-order valence-electron chi connectivity index (χ2n) is 5.39. The van der Waals surface area contributed by atoms with Gasteiger partial charge in [0.25, 0.3) is 0 Å². The van der Waals surface area contributed by atoms with Crippen molar-refractivity contribution in [3.05, 3.63) is 45.0 Å². The Morgan fingerprint density at radius 1 is 1.35 bits per heavy atom. The molecule has 0 amide bonds. The molecular weight excluding hydrogens is 337 g/mol. The van der Waals surface area contributed by atoms with E-state index in [4.69, 9.17) is 0 Å². The van der Waals surface area contributed by atoms with E-state index >= 15 is 0 Å². The van der Waals surface area contributed by atoms with Crippen molar-refractivity contribution in [3.63, 3.8) is 0 Å². The number of benzene rings is 1. The number of halogens is 2. The molecule has 1 aromatic carbocycles. The summed E-state index contributed by atoms with van der Waals surface area (Å²) in [6.45, 7) is 1.96. The first-order chi connectivity index (χ1) is 9.60. The van der Waals surface area contributed by atoms with Gasteiger partial charge in [-0.3, -0.25) is 0 Å². The van der Waals surface area contributed by atoms with Gasteiger partial charge in [0.15, 0.2) is 0 Å². The summed E-state index contributed by atoms with van der Waals surface area (Å²) in [5.74, 6) is 0.585. The van der Waals surface area contributed by atoms with E-state index in [1.165, 1.54) is 22.6 Å². The molecule has 1 atom stereocenters. The molecule has 4 heteroatoms. The molecule has 1 aliphatic rings. The quantitative estimate of drug-likeness (QED) is 0.786. The lowest BCUT2D eigenvalue weighted by Gasteiger charge is -2.12. The fourth-order valence-corrected chi connectivity index (χ4v) is 4.25. The molecule has 1 aromatic heterocycles. The number of thiophene rings is 1. The van der Waals surface area contributed by atoms with E-state index < -0.39 is 0 Å². The molecule has 1 heterocycles. The zero-order chi connectivity index (χ0) is 14.3. The normalized spacial score (nSPS) is 16.4. The molecule has 106 valence electrons. The van der Waals surface area contributed by atoms with Crippen LogP contribution in [-0.4, -0.2) is 7.05 Å². The van der Waals surface area contributed by atoms with Gasteiger partial charge in [-0.2, -0.15) is 0 Å². The van der Waals surface area contributed by atoms with Crippen LogP contribution in [0.5, 0.6) is 0 Å². The highest BCUT2D eigenvalue weighted by molar-refractivity contribution is 9.10. The highest BCUT2D eigenvalue weighted by Gasteiger charge is 2.32. The van der Waals surface area contributed by atoms with Crippen molar-refractivity contribution in [2.75, 3.05) is 7.05 Å². The molecule has 20 heavy (non-hydrogen) atoms. The fourth-order valence-electron chi connectivity index (χ4n) is 2.62. The standard InChI is InChI=1S/C16H17BrFNS/c1-9-7-13(18)12(17)8-11(9)14-5-6-15(20-14)16(19-2)10-3-4-10/h5-8,10,16,19H,3-4H2,1-2H3. The van der Waals surface area contributed by atoms with Crippen molar-refractivity contribution in [2.24, 2.45) is 5.92 Å². The molecule has 0 bridgehead atoms. The summed E-state index contributed by atoms with van der Waals surface area (Å²) >= 11 is 5.09. The van der Waals surface area contributed by atoms with Crippen LogP contribution in [0, 0.1) is 18.7 Å². The van der Waals surface area contributed by atoms with Gasteiger partial charge in [-0.15, -0.1) is 11.3 Å². The Hall–Kier alpha value is -0.710. The molecule has 1 fully saturated rings. The maximum Gasteiger partial charge on any atom is 0.137 e. The Bertz CT molecular complexity index is 633. The average Bonchev–Trinajstić information content (AvgIpc) is 3.13. The predicted octanol–water partition coefficient (Wildman–Crippen LogP) is 5.30. The highest BCUT2D eigenvalue weighted by atomic mass is 79.9. The number of rotatable bonds is 4. The van der Waals surface area contributed by atoms with Crippen molar-refractivity contribution < 1.29 is 4.39 Å². The van der Waals surface area contributed by atoms with E-state index in [0.717, 1.165) is 17.0 Å². The summed E-state index contributed by atoms with van der Waals surface area (Å²) in [6, 6.07) is 8.30. The lowest BCUT2D eigenvalue weighted by atomic mass is 10.1. The molecule has 1 nitrogen and oxygen atoms in total. The van der Waals surface area contributed by atoms with Crippen LogP contribution in [0.15, 0.2) is 28.7 Å². The summed E-state index contributed by atoms with van der Waals surface area (Å²) in [6.07, 6.45) is 2.64. The van der Waals surface area contributed by atoms with Gasteiger partial charge in [-0.1, -0.05) is 0 Å². The molecule has 1 aliphatic carbocycles. The van der Waals surface area contributed by atoms with Gasteiger partial charge in [0, 0.05) is 15.8 Å². The molecule has 2 aromatic rings. The van der Waals surface area contributed by atoms with Gasteiger partial charge in [-0.25, -0.2) is 4.39 Å². The molecule has 1 unspecified atom stereocenters. The first-order valence-corrected chi connectivity index (χ1v) is 8.44. The van der Waals surface area contributed by atoms with E-state index in [9.17, 15) is 4.39 Å². The zero-order valence-corrected chi connectivity index (χ0v) is 13.9. The van der Waals surface area contributed by atoms with Gasteiger partial charge >= 0.3 is 0 Å². The minimum absolute atomic E-state index is 0.200. The zero-order valence-electron chi connectivity index (χ0n) is 11.5. The van der Waals surface area contributed by atoms with E-state index in [0.29, 0.717) is 10.5 Å². The topological polar surface area (TPSA) is 12.0 Å². The summed E-state index contributed by atoms with van der Waals surface area (Å²) in [5.41, 5.74) is 2.09. The SMILES string of the molecule is CNC(c1ccc(-c2cc(Br)c(F)cc2C)s1)C1CC1. The molecule has 1 N–H and O–H groups in total. The highest BCUT2D eigenvalue weighted by Crippen LogP contribution is 2.44. The Labute approximate surface area is 131 Å². The molecular formula is C16H17BrFNS. The van der Waals surface area contributed by atoms with Crippen LogP contribution in [0.1, 0.15) is 29.3 Å². The number of aryl methyl sites for hydroxylation is 1. The van der Waals surface area contributed by atoms with Gasteiger partial charge in [0.05, 0.1) is 4.47 Å². The van der Waals surface area contributed by atoms with Gasteiger partial charge < -0.3 is 5.32 Å². The third-order valence-corrected chi connectivity index (χ3v) is 5.68. The van der Waals surface area contributed by atoms with Crippen molar-refractivity contribution in [2.45, 2.75) is 25.8 Å². The maximum absolute atomic E-state index is 13.5. The van der Waals surface area contributed by atoms with E-state index in [2.05, 4.69) is 33.4 Å². The molecule has 0 spiro atoms. The van der Waals surface area contributed by atoms with Crippen molar-refractivity contribution in [3.8, 4) is 10.4 Å².